The van der Waals surface area contributed by atoms with Crippen LogP contribution in [0.15, 0.2) is 22.7 Å². The minimum absolute atomic E-state index is 0.188. The molecule has 2 amide bonds. The third-order valence-electron chi connectivity index (χ3n) is 3.25. The molecule has 0 saturated carbocycles. The number of benzene rings is 1. The van der Waals surface area contributed by atoms with Gasteiger partial charge >= 0.3 is 0 Å². The topological polar surface area (TPSA) is 63.4 Å². The molecule has 0 aliphatic carbocycles. The van der Waals surface area contributed by atoms with Crippen molar-refractivity contribution in [1.82, 2.24) is 4.90 Å². The van der Waals surface area contributed by atoms with E-state index in [1.165, 1.54) is 0 Å². The molecule has 1 fully saturated rings. The zero-order chi connectivity index (χ0) is 14.0. The van der Waals surface area contributed by atoms with Crippen molar-refractivity contribution in [2.45, 2.75) is 25.3 Å². The first-order valence-corrected chi connectivity index (χ1v) is 7.23. The molecule has 6 heteroatoms. The smallest absolute Gasteiger partial charge is 0.255 e. The third-order valence-corrected chi connectivity index (χ3v) is 4.14. The lowest BCUT2D eigenvalue weighted by molar-refractivity contribution is -0.123. The first kappa shape index (κ1) is 14.3. The van der Waals surface area contributed by atoms with Crippen molar-refractivity contribution < 1.29 is 9.59 Å². The van der Waals surface area contributed by atoms with E-state index in [-0.39, 0.29) is 5.91 Å². The molecule has 1 aliphatic heterocycles. The van der Waals surface area contributed by atoms with Gasteiger partial charge in [-0.05, 0) is 53.4 Å². The number of rotatable bonds is 2. The van der Waals surface area contributed by atoms with Gasteiger partial charge in [0.1, 0.15) is 6.04 Å². The molecule has 19 heavy (non-hydrogen) atoms. The van der Waals surface area contributed by atoms with E-state index in [0.29, 0.717) is 28.0 Å². The fourth-order valence-electron chi connectivity index (χ4n) is 2.29. The second-order valence-electron chi connectivity index (χ2n) is 4.54. The Kier molecular flexibility index (Phi) is 4.47. The molecular formula is C13H14BrClN2O2. The van der Waals surface area contributed by atoms with Crippen molar-refractivity contribution >= 4 is 39.3 Å². The van der Waals surface area contributed by atoms with Crippen LogP contribution in [0.5, 0.6) is 0 Å². The fraction of sp³-hybridized carbons (Fsp3) is 0.385. The van der Waals surface area contributed by atoms with Gasteiger partial charge in [0.2, 0.25) is 5.91 Å². The Hall–Kier alpha value is -1.07. The summed E-state index contributed by atoms with van der Waals surface area (Å²) in [6.45, 7) is 0.557. The average molecular weight is 346 g/mol. The molecule has 0 radical (unpaired) electrons. The van der Waals surface area contributed by atoms with Crippen LogP contribution in [-0.4, -0.2) is 29.3 Å². The van der Waals surface area contributed by atoms with Crippen molar-refractivity contribution in [3.05, 3.63) is 33.3 Å². The lowest BCUT2D eigenvalue weighted by Crippen LogP contribution is -2.50. The van der Waals surface area contributed by atoms with E-state index in [1.54, 1.807) is 23.1 Å². The van der Waals surface area contributed by atoms with Crippen LogP contribution in [0, 0.1) is 0 Å². The number of primary amides is 1. The Balaban J connectivity index is 2.28. The summed E-state index contributed by atoms with van der Waals surface area (Å²) in [5.41, 5.74) is 5.87. The number of nitrogens with two attached hydrogens (primary N) is 1. The molecule has 1 aromatic carbocycles. The van der Waals surface area contributed by atoms with E-state index in [1.807, 2.05) is 0 Å². The first-order valence-electron chi connectivity index (χ1n) is 6.06. The molecule has 1 atom stereocenters. The molecule has 1 aliphatic rings. The summed E-state index contributed by atoms with van der Waals surface area (Å²) in [6, 6.07) is 4.46. The van der Waals surface area contributed by atoms with Gasteiger partial charge < -0.3 is 10.6 Å². The van der Waals surface area contributed by atoms with E-state index < -0.39 is 11.9 Å². The minimum atomic E-state index is -0.510. The number of amides is 2. The van der Waals surface area contributed by atoms with Crippen LogP contribution in [0.25, 0.3) is 0 Å². The number of carbonyl (C=O) groups is 2. The van der Waals surface area contributed by atoms with Gasteiger partial charge in [-0.25, -0.2) is 0 Å². The van der Waals surface area contributed by atoms with Gasteiger partial charge in [0.15, 0.2) is 0 Å². The molecule has 1 unspecified atom stereocenters. The summed E-state index contributed by atoms with van der Waals surface area (Å²) in [5, 5.41) is 0.550. The molecule has 1 saturated heterocycles. The van der Waals surface area contributed by atoms with E-state index in [0.717, 1.165) is 12.8 Å². The maximum absolute atomic E-state index is 12.5. The number of carbonyl (C=O) groups excluding carboxylic acids is 2. The number of nitrogens with zero attached hydrogens (tertiary/aromatic N) is 1. The lowest BCUT2D eigenvalue weighted by atomic mass is 10.0. The third kappa shape index (κ3) is 3.09. The molecule has 0 bridgehead atoms. The van der Waals surface area contributed by atoms with Crippen molar-refractivity contribution in [3.63, 3.8) is 0 Å². The Morgan fingerprint density at radius 2 is 2.11 bits per heavy atom. The minimum Gasteiger partial charge on any atom is -0.368 e. The normalized spacial score (nSPS) is 19.3. The van der Waals surface area contributed by atoms with Crippen molar-refractivity contribution in [1.29, 1.82) is 0 Å². The van der Waals surface area contributed by atoms with Crippen LogP contribution in [0.2, 0.25) is 5.02 Å². The highest BCUT2D eigenvalue weighted by Crippen LogP contribution is 2.26. The summed E-state index contributed by atoms with van der Waals surface area (Å²) in [6.07, 6.45) is 2.44. The van der Waals surface area contributed by atoms with Crippen LogP contribution < -0.4 is 5.73 Å². The number of hydrogen-bond donors (Lipinski definition) is 1. The molecule has 1 heterocycles. The number of hydrogen-bond acceptors (Lipinski definition) is 2. The maximum atomic E-state index is 12.5. The van der Waals surface area contributed by atoms with E-state index in [2.05, 4.69) is 15.9 Å². The fourth-order valence-corrected chi connectivity index (χ4v) is 3.14. The summed E-state index contributed by atoms with van der Waals surface area (Å²) >= 11 is 9.18. The maximum Gasteiger partial charge on any atom is 0.255 e. The van der Waals surface area contributed by atoms with E-state index >= 15 is 0 Å². The van der Waals surface area contributed by atoms with Gasteiger partial charge in [-0.3, -0.25) is 9.59 Å². The summed E-state index contributed by atoms with van der Waals surface area (Å²) in [5.74, 6) is -0.634. The highest BCUT2D eigenvalue weighted by molar-refractivity contribution is 9.10. The van der Waals surface area contributed by atoms with Crippen molar-refractivity contribution in [3.8, 4) is 0 Å². The molecule has 2 rings (SSSR count). The molecule has 4 nitrogen and oxygen atoms in total. The molecule has 1 aromatic rings. The second kappa shape index (κ2) is 5.92. The van der Waals surface area contributed by atoms with Gasteiger partial charge in [-0.2, -0.15) is 0 Å². The van der Waals surface area contributed by atoms with E-state index in [4.69, 9.17) is 17.3 Å². The lowest BCUT2D eigenvalue weighted by Gasteiger charge is -2.33. The summed E-state index contributed by atoms with van der Waals surface area (Å²) in [4.78, 5) is 25.5. The SMILES string of the molecule is NC(=O)C1CCCCN1C(=O)c1ccc(Cl)cc1Br. The Morgan fingerprint density at radius 3 is 2.74 bits per heavy atom. The van der Waals surface area contributed by atoms with Gasteiger partial charge in [-0.15, -0.1) is 0 Å². The van der Waals surface area contributed by atoms with E-state index in [9.17, 15) is 9.59 Å². The predicted octanol–water partition coefficient (Wildman–Crippen LogP) is 2.58. The highest BCUT2D eigenvalue weighted by atomic mass is 79.9. The van der Waals surface area contributed by atoms with Gasteiger partial charge in [0.05, 0.1) is 5.56 Å². The number of halogens is 2. The monoisotopic (exact) mass is 344 g/mol. The molecule has 2 N–H and O–H groups in total. The second-order valence-corrected chi connectivity index (χ2v) is 5.83. The van der Waals surface area contributed by atoms with Gasteiger partial charge in [-0.1, -0.05) is 11.6 Å². The highest BCUT2D eigenvalue weighted by Gasteiger charge is 2.31. The standard InChI is InChI=1S/C13H14BrClN2O2/c14-10-7-8(15)4-5-9(10)13(19)17-6-2-1-3-11(17)12(16)18/h4-5,7,11H,1-3,6H2,(H2,16,18). The van der Waals surface area contributed by atoms with Crippen LogP contribution in [-0.2, 0) is 4.79 Å². The predicted molar refractivity (Wildman–Crippen MR) is 77.0 cm³/mol. The van der Waals surface area contributed by atoms with Crippen molar-refractivity contribution in [2.24, 2.45) is 5.73 Å². The Bertz CT molecular complexity index is 521. The first-order chi connectivity index (χ1) is 9.00. The van der Waals surface area contributed by atoms with Crippen molar-refractivity contribution in [2.75, 3.05) is 6.54 Å². The quantitative estimate of drug-likeness (QED) is 0.895. The Labute approximate surface area is 125 Å². The van der Waals surface area contributed by atoms with Gasteiger partial charge in [0.25, 0.3) is 5.91 Å². The van der Waals surface area contributed by atoms with Gasteiger partial charge in [0, 0.05) is 16.0 Å². The Morgan fingerprint density at radius 1 is 1.37 bits per heavy atom. The summed E-state index contributed by atoms with van der Waals surface area (Å²) in [7, 11) is 0. The van der Waals surface area contributed by atoms with Crippen LogP contribution in [0.4, 0.5) is 0 Å². The number of piperidine rings is 1. The number of likely N-dealkylation sites (tertiary alicyclic amines) is 1. The summed E-state index contributed by atoms with van der Waals surface area (Å²) < 4.78 is 0.624. The zero-order valence-corrected chi connectivity index (χ0v) is 12.6. The molecule has 0 spiro atoms. The molecule has 0 aromatic heterocycles. The average Bonchev–Trinajstić information content (AvgIpc) is 2.38. The van der Waals surface area contributed by atoms with Crippen LogP contribution in [0.3, 0.4) is 0 Å². The molecule has 102 valence electrons. The molecular weight excluding hydrogens is 332 g/mol. The largest absolute Gasteiger partial charge is 0.368 e. The van der Waals surface area contributed by atoms with Crippen LogP contribution in [0.1, 0.15) is 29.6 Å². The van der Waals surface area contributed by atoms with Crippen LogP contribution >= 0.6 is 27.5 Å². The zero-order valence-electron chi connectivity index (χ0n) is 10.2.